The second-order valence-electron chi connectivity index (χ2n) is 3.74. The van der Waals surface area contributed by atoms with E-state index in [9.17, 15) is 0 Å². The first-order chi connectivity index (χ1) is 6.76. The Morgan fingerprint density at radius 1 is 1.43 bits per heavy atom. The second-order valence-corrected chi connectivity index (χ2v) is 3.74. The van der Waals surface area contributed by atoms with Gasteiger partial charge in [0, 0.05) is 25.6 Å². The van der Waals surface area contributed by atoms with E-state index in [1.807, 2.05) is 6.92 Å². The van der Waals surface area contributed by atoms with Crippen LogP contribution in [0.5, 0.6) is 0 Å². The van der Waals surface area contributed by atoms with E-state index in [-0.39, 0.29) is 0 Å². The lowest BCUT2D eigenvalue weighted by molar-refractivity contribution is 0.363. The lowest BCUT2D eigenvalue weighted by Gasteiger charge is -2.23. The van der Waals surface area contributed by atoms with Crippen LogP contribution < -0.4 is 11.1 Å². The van der Waals surface area contributed by atoms with Crippen LogP contribution in [-0.4, -0.2) is 19.1 Å². The van der Waals surface area contributed by atoms with Crippen molar-refractivity contribution < 1.29 is 0 Å². The maximum absolute atomic E-state index is 5.72. The highest BCUT2D eigenvalue weighted by atomic mass is 14.9. The highest BCUT2D eigenvalue weighted by Gasteiger charge is 2.13. The normalized spacial score (nSPS) is 14.3. The number of nitrogens with two attached hydrogens (primary N) is 1. The van der Waals surface area contributed by atoms with E-state index in [0.29, 0.717) is 12.0 Å². The molecule has 0 saturated heterocycles. The SMILES string of the molecule is CC#CCCNC(CN)C(C)CCC. The fourth-order valence-corrected chi connectivity index (χ4v) is 1.62. The molecule has 0 aromatic carbocycles. The summed E-state index contributed by atoms with van der Waals surface area (Å²) >= 11 is 0. The van der Waals surface area contributed by atoms with E-state index >= 15 is 0 Å². The molecule has 0 amide bonds. The van der Waals surface area contributed by atoms with Gasteiger partial charge in [0.1, 0.15) is 0 Å². The van der Waals surface area contributed by atoms with Gasteiger partial charge in [0.15, 0.2) is 0 Å². The van der Waals surface area contributed by atoms with Crippen LogP contribution >= 0.6 is 0 Å². The summed E-state index contributed by atoms with van der Waals surface area (Å²) in [5.41, 5.74) is 5.72. The van der Waals surface area contributed by atoms with Crippen LogP contribution in [0.2, 0.25) is 0 Å². The monoisotopic (exact) mass is 196 g/mol. The summed E-state index contributed by atoms with van der Waals surface area (Å²) in [6.07, 6.45) is 3.40. The molecule has 0 heterocycles. The van der Waals surface area contributed by atoms with Gasteiger partial charge < -0.3 is 11.1 Å². The fourth-order valence-electron chi connectivity index (χ4n) is 1.62. The Balaban J connectivity index is 3.70. The number of nitrogens with one attached hydrogen (secondary N) is 1. The minimum absolute atomic E-state index is 0.452. The molecule has 14 heavy (non-hydrogen) atoms. The molecule has 0 aromatic rings. The zero-order chi connectivity index (χ0) is 10.8. The highest BCUT2D eigenvalue weighted by molar-refractivity contribution is 4.95. The van der Waals surface area contributed by atoms with Crippen molar-refractivity contribution in [2.24, 2.45) is 11.7 Å². The zero-order valence-electron chi connectivity index (χ0n) is 9.77. The van der Waals surface area contributed by atoms with Crippen LogP contribution in [0.1, 0.15) is 40.0 Å². The van der Waals surface area contributed by atoms with Crippen molar-refractivity contribution in [3.63, 3.8) is 0 Å². The molecule has 0 spiro atoms. The maximum atomic E-state index is 5.72. The molecule has 2 atom stereocenters. The van der Waals surface area contributed by atoms with E-state index in [0.717, 1.165) is 19.5 Å². The van der Waals surface area contributed by atoms with E-state index in [1.54, 1.807) is 0 Å². The van der Waals surface area contributed by atoms with E-state index < -0.39 is 0 Å². The van der Waals surface area contributed by atoms with Crippen molar-refractivity contribution in [1.82, 2.24) is 5.32 Å². The Kier molecular flexibility index (Phi) is 8.72. The molecule has 2 unspecified atom stereocenters. The zero-order valence-corrected chi connectivity index (χ0v) is 9.77. The van der Waals surface area contributed by atoms with E-state index in [4.69, 9.17) is 5.73 Å². The van der Waals surface area contributed by atoms with Gasteiger partial charge in [-0.05, 0) is 19.3 Å². The molecule has 0 rings (SSSR count). The van der Waals surface area contributed by atoms with Crippen molar-refractivity contribution in [3.8, 4) is 11.8 Å². The van der Waals surface area contributed by atoms with Gasteiger partial charge in [0.05, 0.1) is 0 Å². The van der Waals surface area contributed by atoms with Gasteiger partial charge in [-0.25, -0.2) is 0 Å². The molecule has 2 heteroatoms. The predicted octanol–water partition coefficient (Wildman–Crippen LogP) is 1.75. The highest BCUT2D eigenvalue weighted by Crippen LogP contribution is 2.09. The van der Waals surface area contributed by atoms with E-state index in [2.05, 4.69) is 31.0 Å². The van der Waals surface area contributed by atoms with Crippen LogP contribution in [0.15, 0.2) is 0 Å². The van der Waals surface area contributed by atoms with Crippen molar-refractivity contribution in [3.05, 3.63) is 0 Å². The van der Waals surface area contributed by atoms with Crippen molar-refractivity contribution in [2.45, 2.75) is 46.1 Å². The van der Waals surface area contributed by atoms with Crippen LogP contribution in [-0.2, 0) is 0 Å². The maximum Gasteiger partial charge on any atom is 0.0216 e. The molecule has 0 aliphatic rings. The van der Waals surface area contributed by atoms with Crippen molar-refractivity contribution in [1.29, 1.82) is 0 Å². The van der Waals surface area contributed by atoms with Gasteiger partial charge in [-0.1, -0.05) is 20.3 Å². The van der Waals surface area contributed by atoms with Gasteiger partial charge in [-0.15, -0.1) is 11.8 Å². The molecular weight excluding hydrogens is 172 g/mol. The first-order valence-corrected chi connectivity index (χ1v) is 5.59. The number of hydrogen-bond donors (Lipinski definition) is 2. The standard InChI is InChI=1S/C12H24N2/c1-4-6-7-9-14-12(10-13)11(3)8-5-2/h11-12,14H,5,7-10,13H2,1-3H3. The molecule has 0 aliphatic heterocycles. The quantitative estimate of drug-likeness (QED) is 0.481. The molecule has 82 valence electrons. The molecule has 0 bridgehead atoms. The van der Waals surface area contributed by atoms with Crippen LogP contribution in [0.25, 0.3) is 0 Å². The smallest absolute Gasteiger partial charge is 0.0216 e. The molecule has 0 saturated carbocycles. The third-order valence-corrected chi connectivity index (χ3v) is 2.52. The average Bonchev–Trinajstić information content (AvgIpc) is 2.18. The summed E-state index contributed by atoms with van der Waals surface area (Å²) in [6, 6.07) is 0.452. The van der Waals surface area contributed by atoms with Crippen molar-refractivity contribution >= 4 is 0 Å². The molecule has 3 N–H and O–H groups in total. The molecule has 0 fully saturated rings. The Morgan fingerprint density at radius 3 is 2.64 bits per heavy atom. The predicted molar refractivity (Wildman–Crippen MR) is 63.0 cm³/mol. The average molecular weight is 196 g/mol. The lowest BCUT2D eigenvalue weighted by atomic mass is 9.97. The van der Waals surface area contributed by atoms with Crippen LogP contribution in [0.3, 0.4) is 0 Å². The lowest BCUT2D eigenvalue weighted by Crippen LogP contribution is -2.41. The van der Waals surface area contributed by atoms with Gasteiger partial charge in [0.25, 0.3) is 0 Å². The summed E-state index contributed by atoms with van der Waals surface area (Å²) in [4.78, 5) is 0. The molecule has 0 aliphatic carbocycles. The van der Waals surface area contributed by atoms with Crippen LogP contribution in [0, 0.1) is 17.8 Å². The minimum atomic E-state index is 0.452. The molecular formula is C12H24N2. The summed E-state index contributed by atoms with van der Waals surface area (Å²) in [7, 11) is 0. The Morgan fingerprint density at radius 2 is 2.14 bits per heavy atom. The largest absolute Gasteiger partial charge is 0.329 e. The number of rotatable bonds is 7. The van der Waals surface area contributed by atoms with Gasteiger partial charge in [-0.3, -0.25) is 0 Å². The van der Waals surface area contributed by atoms with Gasteiger partial charge in [-0.2, -0.15) is 0 Å². The molecule has 0 radical (unpaired) electrons. The number of hydrogen-bond acceptors (Lipinski definition) is 2. The van der Waals surface area contributed by atoms with E-state index in [1.165, 1.54) is 12.8 Å². The Bertz CT molecular complexity index is 178. The van der Waals surface area contributed by atoms with Crippen LogP contribution in [0.4, 0.5) is 0 Å². The summed E-state index contributed by atoms with van der Waals surface area (Å²) in [6.45, 7) is 8.03. The van der Waals surface area contributed by atoms with Gasteiger partial charge >= 0.3 is 0 Å². The summed E-state index contributed by atoms with van der Waals surface area (Å²) in [5, 5.41) is 3.46. The second kappa shape index (κ2) is 9.05. The Hall–Kier alpha value is -0.520. The summed E-state index contributed by atoms with van der Waals surface area (Å²) < 4.78 is 0. The minimum Gasteiger partial charge on any atom is -0.329 e. The first-order valence-electron chi connectivity index (χ1n) is 5.59. The van der Waals surface area contributed by atoms with Gasteiger partial charge in [0.2, 0.25) is 0 Å². The molecule has 0 aromatic heterocycles. The van der Waals surface area contributed by atoms with Crippen molar-refractivity contribution in [2.75, 3.05) is 13.1 Å². The topological polar surface area (TPSA) is 38.0 Å². The summed E-state index contributed by atoms with van der Waals surface area (Å²) in [5.74, 6) is 6.60. The molecule has 2 nitrogen and oxygen atoms in total. The fraction of sp³-hybridized carbons (Fsp3) is 0.833. The first kappa shape index (κ1) is 13.5. The third kappa shape index (κ3) is 6.01. The third-order valence-electron chi connectivity index (χ3n) is 2.52. The Labute approximate surface area is 88.6 Å².